The molecule has 0 aromatic carbocycles. The number of ketones is 3. The Morgan fingerprint density at radius 1 is 1.15 bits per heavy atom. The van der Waals surface area contributed by atoms with E-state index in [4.69, 9.17) is 21.9 Å². The van der Waals surface area contributed by atoms with E-state index in [1.165, 1.54) is 21.0 Å². The van der Waals surface area contributed by atoms with E-state index in [2.05, 4.69) is 5.32 Å². The molecule has 11 heteroatoms. The fourth-order valence-electron chi connectivity index (χ4n) is 5.27. The summed E-state index contributed by atoms with van der Waals surface area (Å²) < 4.78 is 5.70. The minimum atomic E-state index is -2.23. The molecule has 0 bridgehead atoms. The zero-order valence-corrected chi connectivity index (χ0v) is 20.8. The molecule has 2 fully saturated rings. The molecule has 34 heavy (non-hydrogen) atoms. The summed E-state index contributed by atoms with van der Waals surface area (Å²) in [6.45, 7) is 6.60. The number of amides is 2. The fourth-order valence-corrected chi connectivity index (χ4v) is 5.27. The molecule has 192 valence electrons. The van der Waals surface area contributed by atoms with Crippen molar-refractivity contribution in [2.24, 2.45) is 23.1 Å². The third kappa shape index (κ3) is 4.08. The van der Waals surface area contributed by atoms with Gasteiger partial charge in [0.05, 0.1) is 11.6 Å². The largest absolute Gasteiger partial charge is 0.367 e. The van der Waals surface area contributed by atoms with Gasteiger partial charge in [-0.05, 0) is 39.2 Å². The number of nitrogens with two attached hydrogens (primary N) is 3. The summed E-state index contributed by atoms with van der Waals surface area (Å²) in [7, 11) is 1.27. The molecular formula is C23H39N5O6. The second kappa shape index (κ2) is 10.2. The van der Waals surface area contributed by atoms with Crippen LogP contribution in [0.4, 0.5) is 0 Å². The quantitative estimate of drug-likeness (QED) is 0.277. The van der Waals surface area contributed by atoms with Crippen LogP contribution in [0.3, 0.4) is 0 Å². The Bertz CT molecular complexity index is 861. The molecule has 0 spiro atoms. The topological polar surface area (TPSA) is 188 Å². The molecule has 2 amide bonds. The zero-order valence-electron chi connectivity index (χ0n) is 20.8. The minimum absolute atomic E-state index is 0.0371. The SMILES string of the molecule is COC12CCN(C(=O)[C@H](C)NC(=O)[C@H](C)N)[C@@]1(C(=O)C(N)(CCCN)C(C)C)C(=O)CCC2=O. The lowest BCUT2D eigenvalue weighted by Gasteiger charge is -2.51. The summed E-state index contributed by atoms with van der Waals surface area (Å²) >= 11 is 0. The standard InChI is InChI=1S/C23H39N5O6/c1-13(2)21(26,9-6-11-24)20(33)23-17(30)8-7-16(29)22(23,34-5)10-12-28(23)19(32)15(4)27-18(31)14(3)25/h13-15H,6-12,24-26H2,1-5H3,(H,27,31)/t14-,15-,21?,22?,23+/m0/s1. The number of nitrogens with zero attached hydrogens (tertiary/aromatic N) is 1. The first-order chi connectivity index (χ1) is 15.8. The molecular weight excluding hydrogens is 442 g/mol. The molecule has 1 aliphatic heterocycles. The minimum Gasteiger partial charge on any atom is -0.367 e. The van der Waals surface area contributed by atoms with Gasteiger partial charge in [-0.1, -0.05) is 13.8 Å². The molecule has 1 aliphatic carbocycles. The summed E-state index contributed by atoms with van der Waals surface area (Å²) in [5, 5.41) is 2.51. The lowest BCUT2D eigenvalue weighted by atomic mass is 9.60. The Balaban J connectivity index is 2.72. The van der Waals surface area contributed by atoms with Crippen molar-refractivity contribution in [1.82, 2.24) is 10.2 Å². The van der Waals surface area contributed by atoms with E-state index < -0.39 is 63.8 Å². The van der Waals surface area contributed by atoms with E-state index in [0.29, 0.717) is 6.42 Å². The number of methoxy groups -OCH3 is 1. The van der Waals surface area contributed by atoms with Gasteiger partial charge in [-0.2, -0.15) is 0 Å². The van der Waals surface area contributed by atoms with Gasteiger partial charge >= 0.3 is 0 Å². The number of carbonyl (C=O) groups is 5. The number of hydrogen-bond donors (Lipinski definition) is 4. The molecule has 11 nitrogen and oxygen atoms in total. The average molecular weight is 482 g/mol. The lowest BCUT2D eigenvalue weighted by molar-refractivity contribution is -0.181. The predicted molar refractivity (Wildman–Crippen MR) is 124 cm³/mol. The average Bonchev–Trinajstić information content (AvgIpc) is 3.16. The van der Waals surface area contributed by atoms with E-state index in [9.17, 15) is 24.0 Å². The van der Waals surface area contributed by atoms with Gasteiger partial charge in [-0.3, -0.25) is 24.0 Å². The molecule has 2 rings (SSSR count). The van der Waals surface area contributed by atoms with Crippen molar-refractivity contribution in [2.75, 3.05) is 20.2 Å². The molecule has 0 aromatic heterocycles. The Morgan fingerprint density at radius 3 is 2.24 bits per heavy atom. The summed E-state index contributed by atoms with van der Waals surface area (Å²) in [6, 6.07) is -1.97. The second-order valence-corrected chi connectivity index (χ2v) is 9.76. The molecule has 1 saturated carbocycles. The predicted octanol–water partition coefficient (Wildman–Crippen LogP) is -1.21. The molecule has 2 aliphatic rings. The van der Waals surface area contributed by atoms with Crippen molar-refractivity contribution in [2.45, 2.75) is 88.6 Å². The van der Waals surface area contributed by atoms with Crippen LogP contribution in [0.5, 0.6) is 0 Å². The van der Waals surface area contributed by atoms with Gasteiger partial charge in [0.1, 0.15) is 6.04 Å². The number of rotatable bonds is 10. The number of fused-ring (bicyclic) bond motifs is 1. The Morgan fingerprint density at radius 2 is 1.74 bits per heavy atom. The maximum Gasteiger partial charge on any atom is 0.246 e. The van der Waals surface area contributed by atoms with Crippen LogP contribution in [0.15, 0.2) is 0 Å². The number of Topliss-reactive ketones (excluding diaryl/α,β-unsaturated/α-hetero) is 3. The molecule has 1 saturated heterocycles. The Labute approximate surface area is 200 Å². The summed E-state index contributed by atoms with van der Waals surface area (Å²) in [4.78, 5) is 68.3. The normalized spacial score (nSPS) is 28.3. The highest BCUT2D eigenvalue weighted by molar-refractivity contribution is 6.25. The van der Waals surface area contributed by atoms with E-state index in [-0.39, 0.29) is 38.8 Å². The highest BCUT2D eigenvalue weighted by Gasteiger charge is 2.76. The Kier molecular flexibility index (Phi) is 8.40. The first-order valence-corrected chi connectivity index (χ1v) is 11.8. The monoisotopic (exact) mass is 481 g/mol. The second-order valence-electron chi connectivity index (χ2n) is 9.76. The number of nitrogens with one attached hydrogen (secondary N) is 1. The van der Waals surface area contributed by atoms with Crippen LogP contribution in [0.2, 0.25) is 0 Å². The van der Waals surface area contributed by atoms with Gasteiger partial charge < -0.3 is 32.2 Å². The van der Waals surface area contributed by atoms with Crippen LogP contribution < -0.4 is 22.5 Å². The van der Waals surface area contributed by atoms with Gasteiger partial charge in [0.2, 0.25) is 11.8 Å². The first-order valence-electron chi connectivity index (χ1n) is 11.8. The summed E-state index contributed by atoms with van der Waals surface area (Å²) in [6.07, 6.45) is 0.230. The van der Waals surface area contributed by atoms with Crippen molar-refractivity contribution in [3.8, 4) is 0 Å². The fraction of sp³-hybridized carbons (Fsp3) is 0.783. The smallest absolute Gasteiger partial charge is 0.246 e. The molecule has 0 radical (unpaired) electrons. The van der Waals surface area contributed by atoms with E-state index >= 15 is 0 Å². The third-order valence-corrected chi connectivity index (χ3v) is 7.44. The van der Waals surface area contributed by atoms with Crippen molar-refractivity contribution < 1.29 is 28.7 Å². The summed E-state index contributed by atoms with van der Waals surface area (Å²) in [5.74, 6) is -3.40. The van der Waals surface area contributed by atoms with E-state index in [1.54, 1.807) is 13.8 Å². The molecule has 0 aromatic rings. The molecule has 2 unspecified atom stereocenters. The highest BCUT2D eigenvalue weighted by Crippen LogP contribution is 2.50. The number of hydrogen-bond acceptors (Lipinski definition) is 9. The third-order valence-electron chi connectivity index (χ3n) is 7.44. The van der Waals surface area contributed by atoms with Gasteiger partial charge in [0.25, 0.3) is 0 Å². The number of likely N-dealkylation sites (tertiary alicyclic amines) is 1. The molecule has 7 N–H and O–H groups in total. The maximum absolute atomic E-state index is 14.4. The van der Waals surface area contributed by atoms with Gasteiger partial charge in [-0.15, -0.1) is 0 Å². The van der Waals surface area contributed by atoms with E-state index in [0.717, 1.165) is 4.90 Å². The number of ether oxygens (including phenoxy) is 1. The maximum atomic E-state index is 14.4. The van der Waals surface area contributed by atoms with Gasteiger partial charge in [0, 0.05) is 32.9 Å². The van der Waals surface area contributed by atoms with E-state index in [1.807, 2.05) is 0 Å². The lowest BCUT2D eigenvalue weighted by Crippen LogP contribution is -2.79. The van der Waals surface area contributed by atoms with Crippen LogP contribution in [-0.2, 0) is 28.7 Å². The highest BCUT2D eigenvalue weighted by atomic mass is 16.5. The van der Waals surface area contributed by atoms with Gasteiger partial charge in [-0.25, -0.2) is 0 Å². The number of carbonyl (C=O) groups excluding carboxylic acids is 5. The van der Waals surface area contributed by atoms with Gasteiger partial charge in [0.15, 0.2) is 28.5 Å². The first kappa shape index (κ1) is 28.0. The van der Waals surface area contributed by atoms with Crippen molar-refractivity contribution in [1.29, 1.82) is 0 Å². The zero-order chi connectivity index (χ0) is 26.1. The van der Waals surface area contributed by atoms with Crippen LogP contribution >= 0.6 is 0 Å². The van der Waals surface area contributed by atoms with Crippen molar-refractivity contribution >= 4 is 29.2 Å². The van der Waals surface area contributed by atoms with Crippen molar-refractivity contribution in [3.63, 3.8) is 0 Å². The van der Waals surface area contributed by atoms with Crippen LogP contribution in [0.1, 0.15) is 59.8 Å². The van der Waals surface area contributed by atoms with Crippen LogP contribution in [0, 0.1) is 5.92 Å². The van der Waals surface area contributed by atoms with Crippen LogP contribution in [0.25, 0.3) is 0 Å². The molecule has 5 atom stereocenters. The van der Waals surface area contributed by atoms with Crippen LogP contribution in [-0.4, -0.2) is 83.0 Å². The molecule has 1 heterocycles. The van der Waals surface area contributed by atoms with Crippen molar-refractivity contribution in [3.05, 3.63) is 0 Å². The summed E-state index contributed by atoms with van der Waals surface area (Å²) in [5.41, 5.74) is 12.3. The Hall–Kier alpha value is -2.21.